The van der Waals surface area contributed by atoms with Crippen molar-refractivity contribution in [2.45, 2.75) is 38.0 Å². The molecule has 7 nitrogen and oxygen atoms in total. The van der Waals surface area contributed by atoms with Gasteiger partial charge in [0.05, 0.1) is 16.7 Å². The number of hydrogen-bond acceptors (Lipinski definition) is 6. The fourth-order valence-electron chi connectivity index (χ4n) is 4.11. The number of hydrazine groups is 1. The van der Waals surface area contributed by atoms with E-state index in [1.165, 1.54) is 0 Å². The predicted octanol–water partition coefficient (Wildman–Crippen LogP) is 5.58. The number of carbonyl (C=O) groups excluding carboxylic acids is 1. The molecule has 0 aliphatic carbocycles. The quantitative estimate of drug-likeness (QED) is 0.196. The van der Waals surface area contributed by atoms with Gasteiger partial charge in [-0.2, -0.15) is 0 Å². The van der Waals surface area contributed by atoms with Crippen LogP contribution in [0.2, 0.25) is 10.0 Å². The number of amides is 1. The number of nitrogens with one attached hydrogen (secondary N) is 2. The number of benzene rings is 3. The molecule has 0 saturated carbocycles. The highest BCUT2D eigenvalue weighted by Crippen LogP contribution is 2.33. The Balaban J connectivity index is 1.52. The first-order chi connectivity index (χ1) is 18.9. The van der Waals surface area contributed by atoms with Crippen LogP contribution < -0.4 is 15.6 Å². The van der Waals surface area contributed by atoms with Gasteiger partial charge in [0.2, 0.25) is 5.90 Å². The van der Waals surface area contributed by atoms with Crippen molar-refractivity contribution in [2.75, 3.05) is 13.2 Å². The molecule has 204 valence electrons. The van der Waals surface area contributed by atoms with Crippen LogP contribution in [0.15, 0.2) is 83.9 Å². The third-order valence-electron chi connectivity index (χ3n) is 6.34. The Labute approximate surface area is 238 Å². The number of aliphatic hydroxyl groups excluding tert-OH is 1. The minimum absolute atomic E-state index is 0.0752. The van der Waals surface area contributed by atoms with Gasteiger partial charge < -0.3 is 14.6 Å². The number of aliphatic hydroxyl groups is 1. The average Bonchev–Trinajstić information content (AvgIpc) is 3.28. The molecule has 0 aromatic heterocycles. The maximum atomic E-state index is 13.6. The summed E-state index contributed by atoms with van der Waals surface area (Å²) in [5, 5.41) is 9.86. The zero-order chi connectivity index (χ0) is 27.7. The van der Waals surface area contributed by atoms with Crippen molar-refractivity contribution in [2.24, 2.45) is 4.99 Å². The van der Waals surface area contributed by atoms with Crippen LogP contribution in [0, 0.1) is 0 Å². The van der Waals surface area contributed by atoms with Crippen LogP contribution in [0.1, 0.15) is 36.5 Å². The number of aliphatic imine (C=N–C) groups is 1. The number of hydrogen-bond donors (Lipinski definition) is 3. The highest BCUT2D eigenvalue weighted by Gasteiger charge is 2.49. The Morgan fingerprint density at radius 1 is 1.10 bits per heavy atom. The lowest BCUT2D eigenvalue weighted by Gasteiger charge is -2.27. The van der Waals surface area contributed by atoms with Crippen molar-refractivity contribution in [3.05, 3.63) is 106 Å². The van der Waals surface area contributed by atoms with Crippen LogP contribution in [0.4, 0.5) is 0 Å². The molecule has 1 heterocycles. The first kappa shape index (κ1) is 28.6. The zero-order valence-electron chi connectivity index (χ0n) is 21.6. The van der Waals surface area contributed by atoms with Gasteiger partial charge in [-0.3, -0.25) is 10.2 Å². The van der Waals surface area contributed by atoms with Gasteiger partial charge in [0.1, 0.15) is 11.9 Å². The van der Waals surface area contributed by atoms with E-state index in [0.717, 1.165) is 16.7 Å². The molecule has 0 spiro atoms. The molecule has 0 bridgehead atoms. The van der Waals surface area contributed by atoms with Crippen LogP contribution >= 0.6 is 23.2 Å². The molecule has 4 rings (SSSR count). The van der Waals surface area contributed by atoms with E-state index < -0.39 is 11.6 Å². The Hall–Kier alpha value is -3.36. The molecule has 3 aromatic rings. The van der Waals surface area contributed by atoms with Gasteiger partial charge in [0.25, 0.3) is 5.91 Å². The number of halogens is 2. The summed E-state index contributed by atoms with van der Waals surface area (Å²) < 4.78 is 11.8. The summed E-state index contributed by atoms with van der Waals surface area (Å²) in [5.41, 5.74) is 7.23. The number of rotatable bonds is 12. The molecule has 3 N–H and O–H groups in total. The van der Waals surface area contributed by atoms with Gasteiger partial charge in [-0.15, -0.1) is 0 Å². The van der Waals surface area contributed by atoms with E-state index in [1.807, 2.05) is 79.7 Å². The second-order valence-electron chi connectivity index (χ2n) is 9.12. The predicted molar refractivity (Wildman–Crippen MR) is 155 cm³/mol. The molecule has 0 unspecified atom stereocenters. The minimum atomic E-state index is -1.19. The van der Waals surface area contributed by atoms with E-state index in [-0.39, 0.29) is 12.5 Å². The molecule has 1 aliphatic heterocycles. The number of nitrogens with zero attached hydrogens (tertiary/aromatic N) is 1. The molecular weight excluding hydrogens is 537 g/mol. The van der Waals surface area contributed by atoms with Gasteiger partial charge >= 0.3 is 0 Å². The number of ether oxygens (including phenoxy) is 2. The largest absolute Gasteiger partial charge is 0.494 e. The Morgan fingerprint density at radius 2 is 1.87 bits per heavy atom. The van der Waals surface area contributed by atoms with Gasteiger partial charge in [0.15, 0.2) is 5.54 Å². The van der Waals surface area contributed by atoms with Crippen molar-refractivity contribution in [3.63, 3.8) is 0 Å². The summed E-state index contributed by atoms with van der Waals surface area (Å²) in [6, 6.07) is 22.5. The topological polar surface area (TPSA) is 92.2 Å². The fraction of sp³-hybridized carbons (Fsp3) is 0.267. The maximum Gasteiger partial charge on any atom is 0.266 e. The van der Waals surface area contributed by atoms with Crippen molar-refractivity contribution in [1.29, 1.82) is 0 Å². The first-order valence-corrected chi connectivity index (χ1v) is 13.5. The molecular formula is C30H31Cl2N3O4. The standard InChI is InChI=1S/C30H31Cl2N3O4/c1-21-30(16-5-9-22-7-3-2-4-8-22,29(37)35-33-20-23-10-15-26(31)27(32)19-23)34-28(39-21)24-11-13-25(14-12-24)38-18-6-17-36/h2-5,7-15,19,21,33,36H,6,16-18,20H2,1H3,(H,35,37)/b9-5+/t21-,30-/m0/s1. The molecule has 0 radical (unpaired) electrons. The first-order valence-electron chi connectivity index (χ1n) is 12.7. The fourth-order valence-corrected chi connectivity index (χ4v) is 4.43. The van der Waals surface area contributed by atoms with Crippen LogP contribution in [-0.4, -0.2) is 41.8 Å². The van der Waals surface area contributed by atoms with E-state index in [9.17, 15) is 4.79 Å². The van der Waals surface area contributed by atoms with E-state index in [4.69, 9.17) is 42.8 Å². The Morgan fingerprint density at radius 3 is 2.59 bits per heavy atom. The van der Waals surface area contributed by atoms with Crippen LogP contribution in [-0.2, 0) is 16.1 Å². The summed E-state index contributed by atoms with van der Waals surface area (Å²) in [6.07, 6.45) is 4.27. The Kier molecular flexibility index (Phi) is 10.0. The molecule has 3 aromatic carbocycles. The Bertz CT molecular complexity index is 1320. The monoisotopic (exact) mass is 567 g/mol. The van der Waals surface area contributed by atoms with Crippen LogP contribution in [0.5, 0.6) is 5.75 Å². The minimum Gasteiger partial charge on any atom is -0.494 e. The van der Waals surface area contributed by atoms with E-state index in [0.29, 0.717) is 47.7 Å². The van der Waals surface area contributed by atoms with E-state index in [1.54, 1.807) is 12.1 Å². The van der Waals surface area contributed by atoms with Gasteiger partial charge in [-0.25, -0.2) is 10.4 Å². The second-order valence-corrected chi connectivity index (χ2v) is 9.94. The number of carbonyl (C=O) groups is 1. The average molecular weight is 569 g/mol. The molecule has 1 aliphatic rings. The lowest BCUT2D eigenvalue weighted by molar-refractivity contribution is -0.129. The third-order valence-corrected chi connectivity index (χ3v) is 7.08. The second kappa shape index (κ2) is 13.6. The van der Waals surface area contributed by atoms with Crippen molar-refractivity contribution >= 4 is 41.1 Å². The van der Waals surface area contributed by atoms with E-state index >= 15 is 0 Å². The summed E-state index contributed by atoms with van der Waals surface area (Å²) in [7, 11) is 0. The highest BCUT2D eigenvalue weighted by molar-refractivity contribution is 6.42. The smallest absolute Gasteiger partial charge is 0.266 e. The van der Waals surface area contributed by atoms with Gasteiger partial charge in [-0.05, 0) is 54.4 Å². The lowest BCUT2D eigenvalue weighted by Crippen LogP contribution is -2.54. The van der Waals surface area contributed by atoms with Gasteiger partial charge in [-0.1, -0.05) is 71.8 Å². The molecule has 1 amide bonds. The summed E-state index contributed by atoms with van der Waals surface area (Å²) in [5.74, 6) is 0.754. The molecule has 9 heteroatoms. The highest BCUT2D eigenvalue weighted by atomic mass is 35.5. The summed E-state index contributed by atoms with van der Waals surface area (Å²) in [6.45, 7) is 2.70. The van der Waals surface area contributed by atoms with Crippen molar-refractivity contribution < 1.29 is 19.4 Å². The molecule has 39 heavy (non-hydrogen) atoms. The summed E-state index contributed by atoms with van der Waals surface area (Å²) in [4.78, 5) is 18.5. The normalized spacial score (nSPS) is 18.6. The molecule has 0 fully saturated rings. The van der Waals surface area contributed by atoms with Crippen molar-refractivity contribution in [3.8, 4) is 5.75 Å². The SMILES string of the molecule is C[C@@H]1OC(c2ccc(OCCCO)cc2)=N[C@]1(C/C=C/c1ccccc1)C(=O)NNCc1ccc(Cl)c(Cl)c1. The lowest BCUT2D eigenvalue weighted by atomic mass is 9.89. The van der Waals surface area contributed by atoms with Crippen molar-refractivity contribution in [1.82, 2.24) is 10.9 Å². The van der Waals surface area contributed by atoms with Gasteiger partial charge in [0, 0.05) is 31.6 Å². The third kappa shape index (κ3) is 7.40. The molecule has 0 saturated heterocycles. The molecule has 2 atom stereocenters. The van der Waals surface area contributed by atoms with Crippen LogP contribution in [0.3, 0.4) is 0 Å². The zero-order valence-corrected chi connectivity index (χ0v) is 23.1. The maximum absolute atomic E-state index is 13.6. The summed E-state index contributed by atoms with van der Waals surface area (Å²) >= 11 is 12.1. The van der Waals surface area contributed by atoms with Crippen LogP contribution in [0.25, 0.3) is 6.08 Å². The van der Waals surface area contributed by atoms with E-state index in [2.05, 4.69) is 10.9 Å².